The molecule has 0 saturated carbocycles. The van der Waals surface area contributed by atoms with Crippen molar-refractivity contribution < 1.29 is 0 Å². The molecule has 1 saturated heterocycles. The Hall–Kier alpha value is -1.09. The highest BCUT2D eigenvalue weighted by Crippen LogP contribution is 2.19. The van der Waals surface area contributed by atoms with Gasteiger partial charge in [0, 0.05) is 25.5 Å². The molecule has 1 aliphatic heterocycles. The Morgan fingerprint density at radius 2 is 2.19 bits per heavy atom. The van der Waals surface area contributed by atoms with Crippen molar-refractivity contribution >= 4 is 0 Å². The molecule has 16 heavy (non-hydrogen) atoms. The first-order valence-electron chi connectivity index (χ1n) is 6.08. The second-order valence-electron chi connectivity index (χ2n) is 4.90. The SMILES string of the molecule is C=C(C)CN1CCC(Cn2cccn2)CC1. The lowest BCUT2D eigenvalue weighted by atomic mass is 9.96. The largest absolute Gasteiger partial charge is 0.299 e. The monoisotopic (exact) mass is 219 g/mol. The van der Waals surface area contributed by atoms with E-state index in [0.29, 0.717) is 0 Å². The molecule has 0 bridgehead atoms. The third-order valence-electron chi connectivity index (χ3n) is 3.21. The van der Waals surface area contributed by atoms with Crippen LogP contribution in [-0.2, 0) is 6.54 Å². The number of hydrogen-bond acceptors (Lipinski definition) is 2. The van der Waals surface area contributed by atoms with E-state index in [-0.39, 0.29) is 0 Å². The van der Waals surface area contributed by atoms with Crippen LogP contribution in [0.2, 0.25) is 0 Å². The molecule has 0 spiro atoms. The van der Waals surface area contributed by atoms with Crippen LogP contribution in [0, 0.1) is 5.92 Å². The van der Waals surface area contributed by atoms with Gasteiger partial charge in [-0.1, -0.05) is 12.2 Å². The minimum atomic E-state index is 0.793. The lowest BCUT2D eigenvalue weighted by molar-refractivity contribution is 0.182. The molecule has 0 unspecified atom stereocenters. The van der Waals surface area contributed by atoms with Crippen LogP contribution >= 0.6 is 0 Å². The lowest BCUT2D eigenvalue weighted by Crippen LogP contribution is -2.35. The first kappa shape index (κ1) is 11.4. The van der Waals surface area contributed by atoms with E-state index in [1.54, 1.807) is 0 Å². The quantitative estimate of drug-likeness (QED) is 0.724. The summed E-state index contributed by atoms with van der Waals surface area (Å²) in [5, 5.41) is 4.27. The normalized spacial score (nSPS) is 18.8. The van der Waals surface area contributed by atoms with Gasteiger partial charge in [0.15, 0.2) is 0 Å². The third-order valence-corrected chi connectivity index (χ3v) is 3.21. The van der Waals surface area contributed by atoms with Gasteiger partial charge in [0.25, 0.3) is 0 Å². The standard InChI is InChI=1S/C13H21N3/c1-12(2)10-15-8-4-13(5-9-15)11-16-7-3-6-14-16/h3,6-7,13H,1,4-5,8-11H2,2H3. The topological polar surface area (TPSA) is 21.1 Å². The third kappa shape index (κ3) is 3.20. The van der Waals surface area contributed by atoms with Crippen molar-refractivity contribution in [1.29, 1.82) is 0 Å². The predicted molar refractivity (Wildman–Crippen MR) is 66.2 cm³/mol. The maximum absolute atomic E-state index is 4.27. The molecule has 2 heterocycles. The van der Waals surface area contributed by atoms with E-state index in [9.17, 15) is 0 Å². The van der Waals surface area contributed by atoms with E-state index >= 15 is 0 Å². The number of likely N-dealkylation sites (tertiary alicyclic amines) is 1. The van der Waals surface area contributed by atoms with Crippen molar-refractivity contribution in [1.82, 2.24) is 14.7 Å². The molecule has 1 aliphatic rings. The van der Waals surface area contributed by atoms with Gasteiger partial charge in [-0.2, -0.15) is 5.10 Å². The Labute approximate surface area is 97.8 Å². The summed E-state index contributed by atoms with van der Waals surface area (Å²) in [5.74, 6) is 0.793. The maximum Gasteiger partial charge on any atom is 0.0489 e. The smallest absolute Gasteiger partial charge is 0.0489 e. The highest BCUT2D eigenvalue weighted by atomic mass is 15.3. The average molecular weight is 219 g/mol. The van der Waals surface area contributed by atoms with Crippen molar-refractivity contribution in [3.05, 3.63) is 30.6 Å². The van der Waals surface area contributed by atoms with Crippen LogP contribution in [0.25, 0.3) is 0 Å². The first-order valence-corrected chi connectivity index (χ1v) is 6.08. The number of aromatic nitrogens is 2. The molecular weight excluding hydrogens is 198 g/mol. The second kappa shape index (κ2) is 5.30. The van der Waals surface area contributed by atoms with Gasteiger partial charge < -0.3 is 0 Å². The highest BCUT2D eigenvalue weighted by molar-refractivity contribution is 4.92. The zero-order valence-corrected chi connectivity index (χ0v) is 10.1. The molecule has 88 valence electrons. The molecule has 0 aromatic carbocycles. The summed E-state index contributed by atoms with van der Waals surface area (Å²) >= 11 is 0. The molecule has 3 heteroatoms. The molecule has 0 amide bonds. The highest BCUT2D eigenvalue weighted by Gasteiger charge is 2.19. The van der Waals surface area contributed by atoms with Crippen molar-refractivity contribution in [3.8, 4) is 0 Å². The molecule has 2 rings (SSSR count). The maximum atomic E-state index is 4.27. The Kier molecular flexibility index (Phi) is 3.78. The van der Waals surface area contributed by atoms with Crippen LogP contribution < -0.4 is 0 Å². The Balaban J connectivity index is 1.75. The van der Waals surface area contributed by atoms with Gasteiger partial charge in [-0.05, 0) is 44.8 Å². The van der Waals surface area contributed by atoms with E-state index in [2.05, 4.69) is 34.4 Å². The van der Waals surface area contributed by atoms with Crippen molar-refractivity contribution in [2.75, 3.05) is 19.6 Å². The summed E-state index contributed by atoms with van der Waals surface area (Å²) in [4.78, 5) is 2.50. The van der Waals surface area contributed by atoms with Gasteiger partial charge in [-0.15, -0.1) is 0 Å². The first-order chi connectivity index (χ1) is 7.74. The fraction of sp³-hybridized carbons (Fsp3) is 0.615. The second-order valence-corrected chi connectivity index (χ2v) is 4.90. The summed E-state index contributed by atoms with van der Waals surface area (Å²) in [5.41, 5.74) is 1.27. The molecular formula is C13H21N3. The Morgan fingerprint density at radius 1 is 1.44 bits per heavy atom. The molecule has 0 N–H and O–H groups in total. The Bertz CT molecular complexity index is 321. The van der Waals surface area contributed by atoms with E-state index in [1.807, 2.05) is 12.3 Å². The van der Waals surface area contributed by atoms with Gasteiger partial charge in [0.05, 0.1) is 0 Å². The summed E-state index contributed by atoms with van der Waals surface area (Å²) < 4.78 is 2.05. The van der Waals surface area contributed by atoms with Gasteiger partial charge in [0.1, 0.15) is 0 Å². The molecule has 0 aliphatic carbocycles. The fourth-order valence-corrected chi connectivity index (χ4v) is 2.38. The number of hydrogen-bond donors (Lipinski definition) is 0. The molecule has 1 aromatic rings. The van der Waals surface area contributed by atoms with Gasteiger partial charge >= 0.3 is 0 Å². The van der Waals surface area contributed by atoms with E-state index in [0.717, 1.165) is 19.0 Å². The van der Waals surface area contributed by atoms with Crippen molar-refractivity contribution in [3.63, 3.8) is 0 Å². The van der Waals surface area contributed by atoms with Gasteiger partial charge in [-0.25, -0.2) is 0 Å². The van der Waals surface area contributed by atoms with Crippen LogP contribution in [0.4, 0.5) is 0 Å². The molecule has 0 radical (unpaired) electrons. The number of rotatable bonds is 4. The molecule has 1 fully saturated rings. The average Bonchev–Trinajstić information content (AvgIpc) is 2.73. The predicted octanol–water partition coefficient (Wildman–Crippen LogP) is 2.17. The van der Waals surface area contributed by atoms with Crippen LogP contribution in [0.15, 0.2) is 30.6 Å². The zero-order valence-electron chi connectivity index (χ0n) is 10.1. The number of nitrogens with zero attached hydrogens (tertiary/aromatic N) is 3. The fourth-order valence-electron chi connectivity index (χ4n) is 2.38. The minimum absolute atomic E-state index is 0.793. The van der Waals surface area contributed by atoms with E-state index < -0.39 is 0 Å². The van der Waals surface area contributed by atoms with E-state index in [1.165, 1.54) is 31.5 Å². The minimum Gasteiger partial charge on any atom is -0.299 e. The Morgan fingerprint density at radius 3 is 2.75 bits per heavy atom. The van der Waals surface area contributed by atoms with Crippen LogP contribution in [0.3, 0.4) is 0 Å². The van der Waals surface area contributed by atoms with Crippen LogP contribution in [-0.4, -0.2) is 34.3 Å². The van der Waals surface area contributed by atoms with Crippen LogP contribution in [0.1, 0.15) is 19.8 Å². The van der Waals surface area contributed by atoms with Crippen molar-refractivity contribution in [2.24, 2.45) is 5.92 Å². The lowest BCUT2D eigenvalue weighted by Gasteiger charge is -2.31. The summed E-state index contributed by atoms with van der Waals surface area (Å²) in [6, 6.07) is 2.00. The van der Waals surface area contributed by atoms with E-state index in [4.69, 9.17) is 0 Å². The summed E-state index contributed by atoms with van der Waals surface area (Å²) in [6.07, 6.45) is 6.48. The summed E-state index contributed by atoms with van der Waals surface area (Å²) in [7, 11) is 0. The zero-order chi connectivity index (χ0) is 11.4. The molecule has 0 atom stereocenters. The van der Waals surface area contributed by atoms with Crippen molar-refractivity contribution in [2.45, 2.75) is 26.3 Å². The van der Waals surface area contributed by atoms with Gasteiger partial charge in [0.2, 0.25) is 0 Å². The molecule has 1 aromatic heterocycles. The number of piperidine rings is 1. The van der Waals surface area contributed by atoms with Gasteiger partial charge in [-0.3, -0.25) is 9.58 Å². The molecule has 3 nitrogen and oxygen atoms in total. The van der Waals surface area contributed by atoms with Crippen LogP contribution in [0.5, 0.6) is 0 Å². The summed E-state index contributed by atoms with van der Waals surface area (Å²) in [6.45, 7) is 10.6.